The van der Waals surface area contributed by atoms with E-state index < -0.39 is 25.8 Å². The number of ketones is 1. The number of carbonyl (C=O) groups is 2. The molecule has 2 atom stereocenters. The molecular formula is C34H35Cl4NO5. The summed E-state index contributed by atoms with van der Waals surface area (Å²) in [6, 6.07) is 21.9. The summed E-state index contributed by atoms with van der Waals surface area (Å²) in [5, 5.41) is 2.68. The highest BCUT2D eigenvalue weighted by Crippen LogP contribution is 2.60. The molecule has 44 heavy (non-hydrogen) atoms. The summed E-state index contributed by atoms with van der Waals surface area (Å²) in [7, 11) is 0. The third-order valence-electron chi connectivity index (χ3n) is 7.70. The van der Waals surface area contributed by atoms with Crippen LogP contribution in [-0.4, -0.2) is 44.7 Å². The van der Waals surface area contributed by atoms with E-state index in [1.165, 1.54) is 0 Å². The topological polar surface area (TPSA) is 73.9 Å². The minimum Gasteiger partial charge on any atom is -0.489 e. The molecule has 2 aliphatic rings. The molecule has 6 nitrogen and oxygen atoms in total. The van der Waals surface area contributed by atoms with Gasteiger partial charge in [-0.2, -0.15) is 0 Å². The van der Waals surface area contributed by atoms with Crippen molar-refractivity contribution in [3.8, 4) is 17.2 Å². The van der Waals surface area contributed by atoms with Crippen molar-refractivity contribution in [3.63, 3.8) is 0 Å². The minimum atomic E-state index is -1.20. The SMILES string of the molecule is CC(C)(COc1ccc(C(=O)CNC(=O)C(C)(C)Oc2ccc(C3CC3(Cl)Cl)cc2)cc1)Oc1ccc(C2CC2(Cl)Cl)cc1. The zero-order valence-electron chi connectivity index (χ0n) is 25.0. The van der Waals surface area contributed by atoms with Crippen LogP contribution in [0.3, 0.4) is 0 Å². The zero-order chi connectivity index (χ0) is 31.9. The van der Waals surface area contributed by atoms with E-state index in [2.05, 4.69) is 5.32 Å². The number of Topliss-reactive ketones (excluding diaryl/α,β-unsaturated/α-hetero) is 1. The summed E-state index contributed by atoms with van der Waals surface area (Å²) in [6.45, 7) is 7.28. The van der Waals surface area contributed by atoms with E-state index in [-0.39, 0.29) is 30.8 Å². The second-order valence-corrected chi connectivity index (χ2v) is 15.7. The van der Waals surface area contributed by atoms with Crippen molar-refractivity contribution in [3.05, 3.63) is 89.5 Å². The van der Waals surface area contributed by atoms with Crippen LogP contribution in [0.4, 0.5) is 0 Å². The molecule has 0 saturated heterocycles. The molecule has 3 aromatic rings. The number of rotatable bonds is 13. The number of carbonyl (C=O) groups excluding carboxylic acids is 2. The van der Waals surface area contributed by atoms with Gasteiger partial charge in [-0.15, -0.1) is 46.4 Å². The highest BCUT2D eigenvalue weighted by atomic mass is 35.5. The predicted molar refractivity (Wildman–Crippen MR) is 175 cm³/mol. The minimum absolute atomic E-state index is 0.102. The van der Waals surface area contributed by atoms with Crippen LogP contribution in [-0.2, 0) is 4.79 Å². The van der Waals surface area contributed by atoms with Gasteiger partial charge in [-0.05, 0) is 100 Å². The normalized spacial score (nSPS) is 19.9. The number of amides is 1. The van der Waals surface area contributed by atoms with Gasteiger partial charge in [0.2, 0.25) is 0 Å². The maximum Gasteiger partial charge on any atom is 0.263 e. The van der Waals surface area contributed by atoms with Crippen molar-refractivity contribution >= 4 is 58.1 Å². The molecule has 2 saturated carbocycles. The highest BCUT2D eigenvalue weighted by Gasteiger charge is 2.53. The molecule has 0 spiro atoms. The third kappa shape index (κ3) is 8.14. The lowest BCUT2D eigenvalue weighted by molar-refractivity contribution is -0.134. The zero-order valence-corrected chi connectivity index (χ0v) is 28.0. The van der Waals surface area contributed by atoms with E-state index in [0.717, 1.165) is 23.3 Å². The van der Waals surface area contributed by atoms with E-state index in [0.29, 0.717) is 23.5 Å². The first-order chi connectivity index (χ1) is 20.5. The quantitative estimate of drug-likeness (QED) is 0.145. The number of halogens is 4. The molecule has 5 rings (SSSR count). The molecule has 0 radical (unpaired) electrons. The average Bonchev–Trinajstić information content (AvgIpc) is 3.82. The van der Waals surface area contributed by atoms with Gasteiger partial charge in [0.05, 0.1) is 6.54 Å². The maximum absolute atomic E-state index is 12.8. The van der Waals surface area contributed by atoms with Gasteiger partial charge in [-0.25, -0.2) is 0 Å². The first kappa shape index (κ1) is 32.7. The largest absolute Gasteiger partial charge is 0.489 e. The highest BCUT2D eigenvalue weighted by molar-refractivity contribution is 6.51. The molecule has 234 valence electrons. The standard InChI is InChI=1S/C34H35Cl4NO5/c1-31(2,43-25-13-5-21(6-14-25)27-17-33(27,35)36)20-42-24-11-9-23(10-12-24)29(40)19-39-30(41)32(3,4)44-26-15-7-22(8-16-26)28-18-34(28,37)38/h5-16,27-28H,17-20H2,1-4H3,(H,39,41). The van der Waals surface area contributed by atoms with Crippen molar-refractivity contribution in [2.24, 2.45) is 0 Å². The fraction of sp³-hybridized carbons (Fsp3) is 0.412. The summed E-state index contributed by atoms with van der Waals surface area (Å²) in [6.07, 6.45) is 1.47. The van der Waals surface area contributed by atoms with Crippen molar-refractivity contribution in [2.45, 2.75) is 72.2 Å². The van der Waals surface area contributed by atoms with E-state index in [9.17, 15) is 9.59 Å². The number of alkyl halides is 4. The van der Waals surface area contributed by atoms with E-state index in [4.69, 9.17) is 60.6 Å². The van der Waals surface area contributed by atoms with Crippen molar-refractivity contribution in [1.29, 1.82) is 0 Å². The molecule has 1 N–H and O–H groups in total. The van der Waals surface area contributed by atoms with Crippen molar-refractivity contribution < 1.29 is 23.8 Å². The van der Waals surface area contributed by atoms with Gasteiger partial charge in [0, 0.05) is 17.4 Å². The molecule has 0 bridgehead atoms. The fourth-order valence-corrected chi connectivity index (χ4v) is 5.97. The van der Waals surface area contributed by atoms with E-state index in [1.807, 2.05) is 50.2 Å². The van der Waals surface area contributed by atoms with Gasteiger partial charge in [0.25, 0.3) is 5.91 Å². The summed E-state index contributed by atoms with van der Waals surface area (Å²) in [5.41, 5.74) is 0.752. The number of benzene rings is 3. The Hall–Kier alpha value is -2.64. The second kappa shape index (κ2) is 12.3. The van der Waals surface area contributed by atoms with Gasteiger partial charge < -0.3 is 19.5 Å². The van der Waals surface area contributed by atoms with Gasteiger partial charge in [-0.3, -0.25) is 9.59 Å². The molecule has 2 fully saturated rings. The number of nitrogens with one attached hydrogen (secondary N) is 1. The number of ether oxygens (including phenoxy) is 3. The summed E-state index contributed by atoms with van der Waals surface area (Å²) in [4.78, 5) is 25.6. The lowest BCUT2D eigenvalue weighted by Gasteiger charge is -2.26. The lowest BCUT2D eigenvalue weighted by Crippen LogP contribution is -2.47. The van der Waals surface area contributed by atoms with Crippen molar-refractivity contribution in [2.75, 3.05) is 13.2 Å². The van der Waals surface area contributed by atoms with E-state index >= 15 is 0 Å². The predicted octanol–water partition coefficient (Wildman–Crippen LogP) is 8.40. The fourth-order valence-electron chi connectivity index (χ4n) is 4.85. The Balaban J connectivity index is 1.06. The van der Waals surface area contributed by atoms with Crippen molar-refractivity contribution in [1.82, 2.24) is 5.32 Å². The molecule has 3 aromatic carbocycles. The molecule has 0 aliphatic heterocycles. The molecular weight excluding hydrogens is 644 g/mol. The number of hydrogen-bond acceptors (Lipinski definition) is 5. The van der Waals surface area contributed by atoms with E-state index in [1.54, 1.807) is 50.2 Å². The van der Waals surface area contributed by atoms with Crippen LogP contribution in [0.2, 0.25) is 0 Å². The van der Waals surface area contributed by atoms with Gasteiger partial charge in [-0.1, -0.05) is 24.3 Å². The number of hydrogen-bond donors (Lipinski definition) is 1. The van der Waals surface area contributed by atoms with Crippen LogP contribution in [0.1, 0.15) is 73.9 Å². The summed E-state index contributed by atoms with van der Waals surface area (Å²) in [5.74, 6) is 1.45. The van der Waals surface area contributed by atoms with Crippen LogP contribution in [0.15, 0.2) is 72.8 Å². The van der Waals surface area contributed by atoms with Gasteiger partial charge >= 0.3 is 0 Å². The van der Waals surface area contributed by atoms with Crippen LogP contribution in [0.25, 0.3) is 0 Å². The van der Waals surface area contributed by atoms with Crippen LogP contribution >= 0.6 is 46.4 Å². The smallest absolute Gasteiger partial charge is 0.263 e. The lowest BCUT2D eigenvalue weighted by atomic mass is 10.1. The van der Waals surface area contributed by atoms with Gasteiger partial charge in [0.15, 0.2) is 11.4 Å². The van der Waals surface area contributed by atoms with Crippen LogP contribution in [0.5, 0.6) is 17.2 Å². The molecule has 0 aromatic heterocycles. The Morgan fingerprint density at radius 1 is 0.727 bits per heavy atom. The summed E-state index contributed by atoms with van der Waals surface area (Å²) < 4.78 is 16.6. The first-order valence-corrected chi connectivity index (χ1v) is 15.9. The summed E-state index contributed by atoms with van der Waals surface area (Å²) >= 11 is 24.7. The Kier molecular flexibility index (Phi) is 9.14. The maximum atomic E-state index is 12.8. The third-order valence-corrected chi connectivity index (χ3v) is 9.37. The molecule has 2 aliphatic carbocycles. The Morgan fingerprint density at radius 3 is 1.61 bits per heavy atom. The van der Waals surface area contributed by atoms with Crippen LogP contribution < -0.4 is 19.5 Å². The molecule has 0 heterocycles. The molecule has 10 heteroatoms. The average molecular weight is 679 g/mol. The monoisotopic (exact) mass is 677 g/mol. The molecule has 2 unspecified atom stereocenters. The van der Waals surface area contributed by atoms with Gasteiger partial charge in [0.1, 0.15) is 38.1 Å². The molecule has 1 amide bonds. The Bertz CT molecular complexity index is 1500. The second-order valence-electron chi connectivity index (χ2n) is 12.6. The Morgan fingerprint density at radius 2 is 1.16 bits per heavy atom. The Labute approximate surface area is 278 Å². The first-order valence-electron chi connectivity index (χ1n) is 14.4. The van der Waals surface area contributed by atoms with Crippen LogP contribution in [0, 0.1) is 0 Å².